The molecule has 3 heterocycles. The Kier molecular flexibility index (Phi) is 6.16. The van der Waals surface area contributed by atoms with Crippen LogP contribution in [0, 0.1) is 0 Å². The average Bonchev–Trinajstić information content (AvgIpc) is 3.56. The molecule has 2 aromatic carbocycles. The van der Waals surface area contributed by atoms with Crippen LogP contribution in [0.4, 0.5) is 0 Å². The molecule has 2 aliphatic heterocycles. The summed E-state index contributed by atoms with van der Waals surface area (Å²) < 4.78 is 16.0. The average molecular weight is 463 g/mol. The molecule has 1 aromatic heterocycles. The van der Waals surface area contributed by atoms with E-state index in [-0.39, 0.29) is 18.6 Å². The number of carbonyl (C=O) groups excluding carboxylic acids is 2. The Labute approximate surface area is 197 Å². The highest BCUT2D eigenvalue weighted by atomic mass is 16.7. The lowest BCUT2D eigenvalue weighted by atomic mass is 10.1. The van der Waals surface area contributed by atoms with Gasteiger partial charge in [-0.1, -0.05) is 5.16 Å². The Morgan fingerprint density at radius 2 is 1.71 bits per heavy atom. The normalized spacial score (nSPS) is 14.8. The Morgan fingerprint density at radius 3 is 2.50 bits per heavy atom. The van der Waals surface area contributed by atoms with Gasteiger partial charge >= 0.3 is 0 Å². The van der Waals surface area contributed by atoms with Crippen LogP contribution in [0.1, 0.15) is 45.8 Å². The molecule has 3 aromatic rings. The van der Waals surface area contributed by atoms with Gasteiger partial charge in [0.05, 0.1) is 0 Å². The number of rotatable bonds is 6. The first-order valence-electron chi connectivity index (χ1n) is 11.5. The van der Waals surface area contributed by atoms with Crippen LogP contribution in [-0.4, -0.2) is 65.2 Å². The lowest BCUT2D eigenvalue weighted by Gasteiger charge is -2.26. The molecule has 1 fully saturated rings. The summed E-state index contributed by atoms with van der Waals surface area (Å²) in [7, 11) is 1.73. The molecule has 0 saturated carbocycles. The van der Waals surface area contributed by atoms with Gasteiger partial charge in [0, 0.05) is 49.8 Å². The summed E-state index contributed by atoms with van der Waals surface area (Å²) in [4.78, 5) is 33.3. The fourth-order valence-corrected chi connectivity index (χ4v) is 4.13. The molecule has 34 heavy (non-hydrogen) atoms. The van der Waals surface area contributed by atoms with Crippen molar-refractivity contribution in [3.8, 4) is 23.0 Å². The molecule has 0 spiro atoms. The van der Waals surface area contributed by atoms with Gasteiger partial charge < -0.3 is 23.8 Å². The van der Waals surface area contributed by atoms with E-state index in [1.165, 1.54) is 6.42 Å². The lowest BCUT2D eigenvalue weighted by Crippen LogP contribution is -2.35. The van der Waals surface area contributed by atoms with Gasteiger partial charge in [-0.2, -0.15) is 4.98 Å². The molecule has 9 heteroatoms. The Balaban J connectivity index is 1.18. The van der Waals surface area contributed by atoms with Gasteiger partial charge in [0.15, 0.2) is 17.3 Å². The summed E-state index contributed by atoms with van der Waals surface area (Å²) in [6.07, 6.45) is 3.75. The highest BCUT2D eigenvalue weighted by Crippen LogP contribution is 2.32. The third-order valence-corrected chi connectivity index (χ3v) is 6.13. The fourth-order valence-electron chi connectivity index (χ4n) is 4.13. The van der Waals surface area contributed by atoms with Crippen LogP contribution >= 0.6 is 0 Å². The molecule has 0 unspecified atom stereocenters. The second-order valence-electron chi connectivity index (χ2n) is 8.49. The van der Waals surface area contributed by atoms with Crippen molar-refractivity contribution in [1.29, 1.82) is 0 Å². The monoisotopic (exact) mass is 462 g/mol. The predicted octanol–water partition coefficient (Wildman–Crippen LogP) is 3.41. The fraction of sp³-hybridized carbons (Fsp3) is 0.360. The van der Waals surface area contributed by atoms with Gasteiger partial charge in [0.2, 0.25) is 6.79 Å². The summed E-state index contributed by atoms with van der Waals surface area (Å²) in [5, 5.41) is 4.04. The maximum Gasteiger partial charge on any atom is 0.257 e. The SMILES string of the molecule is CN(CCc1noc(-c2ccc(C(=O)N3CCCCC3)cc2)n1)C(=O)c1ccc2c(c1)OCO2. The first-order valence-corrected chi connectivity index (χ1v) is 11.5. The maximum atomic E-state index is 12.7. The van der Waals surface area contributed by atoms with Crippen LogP contribution in [0.2, 0.25) is 0 Å². The van der Waals surface area contributed by atoms with E-state index in [2.05, 4.69) is 10.1 Å². The van der Waals surface area contributed by atoms with E-state index in [1.54, 1.807) is 42.3 Å². The van der Waals surface area contributed by atoms with Crippen molar-refractivity contribution in [1.82, 2.24) is 19.9 Å². The van der Waals surface area contributed by atoms with Crippen molar-refractivity contribution in [2.24, 2.45) is 0 Å². The van der Waals surface area contributed by atoms with Gasteiger partial charge in [-0.25, -0.2) is 0 Å². The zero-order chi connectivity index (χ0) is 23.5. The molecule has 2 amide bonds. The largest absolute Gasteiger partial charge is 0.454 e. The zero-order valence-corrected chi connectivity index (χ0v) is 19.0. The number of nitrogens with zero attached hydrogens (tertiary/aromatic N) is 4. The Morgan fingerprint density at radius 1 is 0.971 bits per heavy atom. The number of ether oxygens (including phenoxy) is 2. The number of carbonyl (C=O) groups is 2. The van der Waals surface area contributed by atoms with Crippen LogP contribution in [0.25, 0.3) is 11.5 Å². The highest BCUT2D eigenvalue weighted by Gasteiger charge is 2.20. The van der Waals surface area contributed by atoms with E-state index in [4.69, 9.17) is 14.0 Å². The number of hydrogen-bond donors (Lipinski definition) is 0. The van der Waals surface area contributed by atoms with Crippen molar-refractivity contribution < 1.29 is 23.6 Å². The number of aromatic nitrogens is 2. The topological polar surface area (TPSA) is 98.0 Å². The lowest BCUT2D eigenvalue weighted by molar-refractivity contribution is 0.0723. The number of fused-ring (bicyclic) bond motifs is 1. The van der Waals surface area contributed by atoms with Gasteiger partial charge in [-0.05, 0) is 61.7 Å². The van der Waals surface area contributed by atoms with Crippen molar-refractivity contribution in [2.45, 2.75) is 25.7 Å². The number of amides is 2. The van der Waals surface area contributed by atoms with Crippen molar-refractivity contribution >= 4 is 11.8 Å². The molecule has 0 aliphatic carbocycles. The number of benzene rings is 2. The van der Waals surface area contributed by atoms with Gasteiger partial charge in [0.1, 0.15) is 0 Å². The molecule has 1 saturated heterocycles. The molecule has 0 radical (unpaired) electrons. The molecule has 0 N–H and O–H groups in total. The number of hydrogen-bond acceptors (Lipinski definition) is 7. The molecule has 176 valence electrons. The zero-order valence-electron chi connectivity index (χ0n) is 19.0. The Hall–Kier alpha value is -3.88. The minimum Gasteiger partial charge on any atom is -0.454 e. The van der Waals surface area contributed by atoms with Crippen LogP contribution in [0.3, 0.4) is 0 Å². The molecular formula is C25H26N4O5. The van der Waals surface area contributed by atoms with Crippen molar-refractivity contribution in [2.75, 3.05) is 33.5 Å². The highest BCUT2D eigenvalue weighted by molar-refractivity contribution is 5.95. The van der Waals surface area contributed by atoms with Crippen LogP contribution in [0.15, 0.2) is 47.0 Å². The van der Waals surface area contributed by atoms with E-state index in [0.717, 1.165) is 31.5 Å². The molecular weight excluding hydrogens is 436 g/mol. The van der Waals surface area contributed by atoms with E-state index in [9.17, 15) is 9.59 Å². The number of piperidine rings is 1. The quantitative estimate of drug-likeness (QED) is 0.554. The molecule has 0 bridgehead atoms. The van der Waals surface area contributed by atoms with Crippen molar-refractivity contribution in [3.05, 3.63) is 59.4 Å². The van der Waals surface area contributed by atoms with E-state index >= 15 is 0 Å². The summed E-state index contributed by atoms with van der Waals surface area (Å²) in [6.45, 7) is 2.23. The first kappa shape index (κ1) is 21.9. The second kappa shape index (κ2) is 9.54. The van der Waals surface area contributed by atoms with Crippen LogP contribution in [0.5, 0.6) is 11.5 Å². The number of likely N-dealkylation sites (tertiary alicyclic amines) is 1. The summed E-state index contributed by atoms with van der Waals surface area (Å²) in [6, 6.07) is 12.4. The van der Waals surface area contributed by atoms with Gasteiger partial charge in [-0.3, -0.25) is 9.59 Å². The maximum absolute atomic E-state index is 12.7. The summed E-state index contributed by atoms with van der Waals surface area (Å²) in [5.74, 6) is 2.04. The third-order valence-electron chi connectivity index (χ3n) is 6.13. The molecule has 5 rings (SSSR count). The molecule has 9 nitrogen and oxygen atoms in total. The second-order valence-corrected chi connectivity index (χ2v) is 8.49. The Bertz CT molecular complexity index is 1180. The minimum absolute atomic E-state index is 0.0626. The molecule has 0 atom stereocenters. The molecule has 2 aliphatic rings. The van der Waals surface area contributed by atoms with Crippen molar-refractivity contribution in [3.63, 3.8) is 0 Å². The smallest absolute Gasteiger partial charge is 0.257 e. The number of likely N-dealkylation sites (N-methyl/N-ethyl adjacent to an activating group) is 1. The van der Waals surface area contributed by atoms with Crippen LogP contribution in [-0.2, 0) is 6.42 Å². The van der Waals surface area contributed by atoms with Gasteiger partial charge in [0.25, 0.3) is 17.7 Å². The van der Waals surface area contributed by atoms with E-state index in [0.29, 0.717) is 47.3 Å². The third kappa shape index (κ3) is 4.59. The van der Waals surface area contributed by atoms with Crippen LogP contribution < -0.4 is 9.47 Å². The predicted molar refractivity (Wildman–Crippen MR) is 123 cm³/mol. The standard InChI is InChI=1S/C25H26N4O5/c1-28(24(30)19-9-10-20-21(15-19)33-16-32-20)14-11-22-26-23(34-27-22)17-5-7-18(8-6-17)25(31)29-12-3-2-4-13-29/h5-10,15H,2-4,11-14,16H2,1H3. The van der Waals surface area contributed by atoms with E-state index in [1.807, 2.05) is 17.0 Å². The van der Waals surface area contributed by atoms with E-state index < -0.39 is 0 Å². The summed E-state index contributed by atoms with van der Waals surface area (Å²) in [5.41, 5.74) is 1.94. The van der Waals surface area contributed by atoms with Gasteiger partial charge in [-0.15, -0.1) is 0 Å². The minimum atomic E-state index is -0.129. The summed E-state index contributed by atoms with van der Waals surface area (Å²) >= 11 is 0. The first-order chi connectivity index (χ1) is 16.6.